The van der Waals surface area contributed by atoms with Crippen LogP contribution >= 0.6 is 31.9 Å². The molecule has 0 bridgehead atoms. The second kappa shape index (κ2) is 17.9. The van der Waals surface area contributed by atoms with Gasteiger partial charge in [-0.15, -0.1) is 0 Å². The Kier molecular flexibility index (Phi) is 12.9. The van der Waals surface area contributed by atoms with Crippen LogP contribution in [0, 0.1) is 0 Å². The van der Waals surface area contributed by atoms with Crippen molar-refractivity contribution in [3.63, 3.8) is 0 Å². The predicted octanol–water partition coefficient (Wildman–Crippen LogP) is 7.47. The molecule has 0 radical (unpaired) electrons. The number of benzene rings is 6. The highest BCUT2D eigenvalue weighted by atomic mass is 79.9. The van der Waals surface area contributed by atoms with E-state index in [4.69, 9.17) is 10.8 Å². The summed E-state index contributed by atoms with van der Waals surface area (Å²) in [4.78, 5) is 47.8. The van der Waals surface area contributed by atoms with Crippen LogP contribution < -0.4 is 21.7 Å². The number of aromatic carboxylic acids is 1. The molecule has 6 aromatic rings. The summed E-state index contributed by atoms with van der Waals surface area (Å²) in [6, 6.07) is 35.1. The number of nitrogens with one attached hydrogen (secondary N) is 3. The van der Waals surface area contributed by atoms with Gasteiger partial charge in [-0.25, -0.2) is 21.6 Å². The Morgan fingerprint density at radius 3 is 1.51 bits per heavy atom. The van der Waals surface area contributed by atoms with Crippen molar-refractivity contribution in [2.75, 3.05) is 10.6 Å². The number of carboxylic acid groups (broad SMARTS) is 1. The number of carboxylic acids is 1. The van der Waals surface area contributed by atoms with E-state index in [9.17, 15) is 36.0 Å². The molecule has 0 aromatic heterocycles. The molecule has 2 aliphatic heterocycles. The molecule has 8 rings (SSSR count). The van der Waals surface area contributed by atoms with E-state index in [1.165, 1.54) is 60.7 Å². The first-order chi connectivity index (χ1) is 28.1. The number of sulfone groups is 2. The quantitative estimate of drug-likeness (QED) is 0.115. The normalized spacial score (nSPS) is 13.9. The van der Waals surface area contributed by atoms with Crippen LogP contribution in [0.25, 0.3) is 0 Å². The van der Waals surface area contributed by atoms with Gasteiger partial charge in [-0.05, 0) is 96.1 Å². The van der Waals surface area contributed by atoms with Gasteiger partial charge in [-0.1, -0.05) is 80.4 Å². The predicted molar refractivity (Wildman–Crippen MR) is 227 cm³/mol. The molecule has 59 heavy (non-hydrogen) atoms. The number of nitrogens with two attached hydrogens (primary N) is 1. The Hall–Kier alpha value is -5.98. The maximum Gasteiger partial charge on any atom is 0.335 e. The molecular formula is C42H32Br2N4O9S2. The van der Waals surface area contributed by atoms with Crippen LogP contribution in [0.4, 0.5) is 11.4 Å². The minimum atomic E-state index is -3.89. The maximum absolute atomic E-state index is 13.0. The third-order valence-electron chi connectivity index (χ3n) is 8.85. The minimum Gasteiger partial charge on any atom is -0.478 e. The molecule has 0 saturated carbocycles. The van der Waals surface area contributed by atoms with Crippen molar-refractivity contribution in [1.82, 2.24) is 5.32 Å². The second-order valence-electron chi connectivity index (χ2n) is 12.8. The summed E-state index contributed by atoms with van der Waals surface area (Å²) >= 11 is 6.73. The zero-order valence-corrected chi connectivity index (χ0v) is 35.3. The summed E-state index contributed by atoms with van der Waals surface area (Å²) in [5, 5.41) is 16.8. The molecule has 6 aromatic carbocycles. The monoisotopic (exact) mass is 958 g/mol. The summed E-state index contributed by atoms with van der Waals surface area (Å²) in [5.74, 6) is -2.70. The summed E-state index contributed by atoms with van der Waals surface area (Å²) in [7, 11) is -7.78. The van der Waals surface area contributed by atoms with Crippen LogP contribution in [-0.2, 0) is 32.8 Å². The first kappa shape index (κ1) is 42.6. The van der Waals surface area contributed by atoms with Gasteiger partial charge in [-0.2, -0.15) is 0 Å². The van der Waals surface area contributed by atoms with Crippen molar-refractivity contribution in [3.05, 3.63) is 176 Å². The van der Waals surface area contributed by atoms with Crippen LogP contribution in [0.15, 0.2) is 162 Å². The van der Waals surface area contributed by atoms with Crippen molar-refractivity contribution < 1.29 is 41.1 Å². The standard InChI is InChI=1S/C21H15BrN2O4S.C14H9NO5S.C7H8BrN/c22-15-5-3-4-13(10-15)12-23-20(25)14-8-9-19-17(11-14)24-21(26)16-6-1-2-7-18(16)29(19,27)28;16-13-9-3-1-2-4-11(9)21(19,20)12-6-5-8(14(17)18)7-10(12)15-13;8-7-3-1-2-6(4-7)5-9/h1-11H,12H2,(H,23,25)(H,24,26);1-7H,(H,15,16)(H,17,18);1-4H,5,9H2. The molecule has 0 atom stereocenters. The molecule has 0 spiro atoms. The number of hydrogen-bond donors (Lipinski definition) is 5. The van der Waals surface area contributed by atoms with Gasteiger partial charge in [0.25, 0.3) is 17.7 Å². The average Bonchev–Trinajstić information content (AvgIpc) is 3.36. The molecule has 2 aliphatic rings. The Labute approximate surface area is 355 Å². The highest BCUT2D eigenvalue weighted by Crippen LogP contribution is 2.35. The molecule has 0 fully saturated rings. The van der Waals surface area contributed by atoms with Crippen molar-refractivity contribution in [3.8, 4) is 0 Å². The number of halogens is 2. The third-order valence-corrected chi connectivity index (χ3v) is 13.6. The summed E-state index contributed by atoms with van der Waals surface area (Å²) in [6.45, 7) is 0.922. The first-order valence-electron chi connectivity index (χ1n) is 17.4. The van der Waals surface area contributed by atoms with Crippen LogP contribution in [-0.4, -0.2) is 45.6 Å². The van der Waals surface area contributed by atoms with Gasteiger partial charge in [0.05, 0.1) is 47.6 Å². The van der Waals surface area contributed by atoms with Crippen molar-refractivity contribution in [2.24, 2.45) is 5.73 Å². The fraction of sp³-hybridized carbons (Fsp3) is 0.0476. The zero-order chi connectivity index (χ0) is 42.5. The van der Waals surface area contributed by atoms with Crippen LogP contribution in [0.3, 0.4) is 0 Å². The van der Waals surface area contributed by atoms with Gasteiger partial charge >= 0.3 is 5.97 Å². The van der Waals surface area contributed by atoms with E-state index in [2.05, 4.69) is 47.8 Å². The molecule has 0 saturated heterocycles. The van der Waals surface area contributed by atoms with E-state index in [1.807, 2.05) is 48.5 Å². The SMILES string of the molecule is NCc1cccc(Br)c1.O=C(NCc1cccc(Br)c1)c1ccc2c(c1)NC(=O)c1ccccc1S2(=O)=O.O=C(O)c1ccc2c(c1)NC(=O)c1ccccc1S2(=O)=O. The van der Waals surface area contributed by atoms with Crippen LogP contribution in [0.2, 0.25) is 0 Å². The Morgan fingerprint density at radius 2 is 1.03 bits per heavy atom. The molecule has 17 heteroatoms. The molecule has 2 heterocycles. The van der Waals surface area contributed by atoms with E-state index < -0.39 is 37.5 Å². The summed E-state index contributed by atoms with van der Waals surface area (Å²) in [6.07, 6.45) is 0. The van der Waals surface area contributed by atoms with Crippen LogP contribution in [0.1, 0.15) is 52.6 Å². The number of amides is 3. The first-order valence-corrected chi connectivity index (χ1v) is 21.9. The zero-order valence-electron chi connectivity index (χ0n) is 30.5. The van der Waals surface area contributed by atoms with E-state index in [0.717, 1.165) is 26.1 Å². The van der Waals surface area contributed by atoms with Gasteiger partial charge in [0.1, 0.15) is 0 Å². The number of anilines is 2. The second-order valence-corrected chi connectivity index (χ2v) is 18.4. The maximum atomic E-state index is 13.0. The Bertz CT molecular complexity index is 2890. The summed E-state index contributed by atoms with van der Waals surface area (Å²) < 4.78 is 53.2. The highest BCUT2D eigenvalue weighted by molar-refractivity contribution is 9.10. The van der Waals surface area contributed by atoms with Crippen molar-refractivity contribution >= 4 is 86.6 Å². The largest absolute Gasteiger partial charge is 0.478 e. The third kappa shape index (κ3) is 9.50. The average molecular weight is 961 g/mol. The lowest BCUT2D eigenvalue weighted by atomic mass is 10.1. The number of carbonyl (C=O) groups is 4. The van der Waals surface area contributed by atoms with Gasteiger partial charge in [0, 0.05) is 27.6 Å². The molecule has 300 valence electrons. The van der Waals surface area contributed by atoms with Gasteiger partial charge in [-0.3, -0.25) is 14.4 Å². The van der Waals surface area contributed by atoms with Gasteiger partial charge in [0.2, 0.25) is 19.7 Å². The number of fused-ring (bicyclic) bond motifs is 4. The Morgan fingerprint density at radius 1 is 0.576 bits per heavy atom. The van der Waals surface area contributed by atoms with Crippen LogP contribution in [0.5, 0.6) is 0 Å². The lowest BCUT2D eigenvalue weighted by Crippen LogP contribution is -2.23. The van der Waals surface area contributed by atoms with Crippen molar-refractivity contribution in [1.29, 1.82) is 0 Å². The lowest BCUT2D eigenvalue weighted by Gasteiger charge is -2.10. The van der Waals surface area contributed by atoms with E-state index in [-0.39, 0.29) is 59.1 Å². The van der Waals surface area contributed by atoms with E-state index in [1.54, 1.807) is 18.2 Å². The number of rotatable bonds is 5. The Balaban J connectivity index is 0.000000169. The van der Waals surface area contributed by atoms with E-state index in [0.29, 0.717) is 13.1 Å². The topological polar surface area (TPSA) is 219 Å². The molecular weight excluding hydrogens is 928 g/mol. The molecule has 3 amide bonds. The van der Waals surface area contributed by atoms with Gasteiger partial charge in [0.15, 0.2) is 0 Å². The number of hydrogen-bond acceptors (Lipinski definition) is 9. The molecule has 0 unspecified atom stereocenters. The fourth-order valence-corrected chi connectivity index (χ4v) is 10.1. The van der Waals surface area contributed by atoms with Crippen molar-refractivity contribution in [2.45, 2.75) is 32.7 Å². The fourth-order valence-electron chi connectivity index (χ4n) is 5.99. The molecule has 6 N–H and O–H groups in total. The smallest absolute Gasteiger partial charge is 0.335 e. The minimum absolute atomic E-state index is 0.0314. The van der Waals surface area contributed by atoms with E-state index >= 15 is 0 Å². The molecule has 13 nitrogen and oxygen atoms in total. The molecule has 0 aliphatic carbocycles. The lowest BCUT2D eigenvalue weighted by molar-refractivity contribution is 0.0695. The highest BCUT2D eigenvalue weighted by Gasteiger charge is 2.32. The summed E-state index contributed by atoms with van der Waals surface area (Å²) in [5.41, 5.74) is 7.77. The van der Waals surface area contributed by atoms with Gasteiger partial charge < -0.3 is 26.8 Å². The number of carbonyl (C=O) groups excluding carboxylic acids is 3.